The van der Waals surface area contributed by atoms with Gasteiger partial charge in [0.25, 0.3) is 0 Å². The summed E-state index contributed by atoms with van der Waals surface area (Å²) in [5, 5.41) is 3.02. The molecule has 4 rings (SSSR count). The predicted molar refractivity (Wildman–Crippen MR) is 95.6 cm³/mol. The lowest BCUT2D eigenvalue weighted by Gasteiger charge is -2.34. The lowest BCUT2D eigenvalue weighted by molar-refractivity contribution is -0.126. The summed E-state index contributed by atoms with van der Waals surface area (Å²) in [6.07, 6.45) is 6.34. The first-order valence-corrected chi connectivity index (χ1v) is 9.05. The maximum absolute atomic E-state index is 12.4. The number of thiazole rings is 1. The van der Waals surface area contributed by atoms with Crippen molar-refractivity contribution in [3.63, 3.8) is 0 Å². The number of ether oxygens (including phenoxy) is 1. The molecular formula is C18H19N3O2S. The van der Waals surface area contributed by atoms with E-state index in [1.165, 1.54) is 5.56 Å². The summed E-state index contributed by atoms with van der Waals surface area (Å²) in [7, 11) is 0. The van der Waals surface area contributed by atoms with E-state index in [0.29, 0.717) is 0 Å². The Labute approximate surface area is 145 Å². The first-order chi connectivity index (χ1) is 11.8. The van der Waals surface area contributed by atoms with Crippen molar-refractivity contribution in [3.05, 3.63) is 47.0 Å². The van der Waals surface area contributed by atoms with Gasteiger partial charge in [0.05, 0.1) is 6.61 Å². The van der Waals surface area contributed by atoms with E-state index < -0.39 is 0 Å². The molecular weight excluding hydrogens is 322 g/mol. The molecule has 1 aromatic carbocycles. The number of hydrogen-bond acceptors (Lipinski definition) is 5. The van der Waals surface area contributed by atoms with Crippen LogP contribution in [0.5, 0.6) is 5.75 Å². The van der Waals surface area contributed by atoms with Gasteiger partial charge in [0.2, 0.25) is 5.91 Å². The molecule has 1 amide bonds. The highest BCUT2D eigenvalue weighted by Crippen LogP contribution is 2.26. The molecule has 5 nitrogen and oxygen atoms in total. The van der Waals surface area contributed by atoms with Crippen LogP contribution in [0.4, 0.5) is 5.13 Å². The Morgan fingerprint density at radius 3 is 2.92 bits per heavy atom. The van der Waals surface area contributed by atoms with Crippen LogP contribution in [0.1, 0.15) is 11.1 Å². The van der Waals surface area contributed by atoms with E-state index in [4.69, 9.17) is 4.74 Å². The minimum absolute atomic E-state index is 0.0746. The molecule has 124 valence electrons. The van der Waals surface area contributed by atoms with E-state index in [-0.39, 0.29) is 5.91 Å². The van der Waals surface area contributed by atoms with Crippen LogP contribution in [-0.2, 0) is 11.2 Å². The summed E-state index contributed by atoms with van der Waals surface area (Å²) in [6.45, 7) is 3.90. The molecule has 1 fully saturated rings. The van der Waals surface area contributed by atoms with E-state index in [2.05, 4.69) is 16.0 Å². The average molecular weight is 341 g/mol. The van der Waals surface area contributed by atoms with Crippen LogP contribution in [0, 0.1) is 0 Å². The fraction of sp³-hybridized carbons (Fsp3) is 0.333. The number of amides is 1. The summed E-state index contributed by atoms with van der Waals surface area (Å²) in [5.41, 5.74) is 2.27. The highest BCUT2D eigenvalue weighted by molar-refractivity contribution is 7.13. The number of hydrogen-bond donors (Lipinski definition) is 0. The Hall–Kier alpha value is -2.34. The number of carbonyl (C=O) groups excluding carboxylic acids is 1. The van der Waals surface area contributed by atoms with Crippen molar-refractivity contribution in [3.8, 4) is 5.75 Å². The third-order valence-electron chi connectivity index (χ3n) is 4.41. The number of rotatable bonds is 3. The van der Waals surface area contributed by atoms with Crippen molar-refractivity contribution < 1.29 is 9.53 Å². The summed E-state index contributed by atoms with van der Waals surface area (Å²) in [5.74, 6) is 1.04. The van der Waals surface area contributed by atoms with Crippen LogP contribution in [0.15, 0.2) is 35.9 Å². The highest BCUT2D eigenvalue weighted by atomic mass is 32.1. The molecule has 0 atom stereocenters. The maximum Gasteiger partial charge on any atom is 0.246 e. The Balaban J connectivity index is 1.35. The van der Waals surface area contributed by atoms with E-state index in [0.717, 1.165) is 55.7 Å². The number of carbonyl (C=O) groups is 1. The SMILES string of the molecule is O=C(/C=C/c1ccc2c(c1)CCO2)N1CCN(c2nccs2)CC1. The van der Waals surface area contributed by atoms with Crippen molar-refractivity contribution in [1.29, 1.82) is 0 Å². The highest BCUT2D eigenvalue weighted by Gasteiger charge is 2.21. The summed E-state index contributed by atoms with van der Waals surface area (Å²) < 4.78 is 5.51. The molecule has 6 heteroatoms. The maximum atomic E-state index is 12.4. The van der Waals surface area contributed by atoms with Crippen molar-refractivity contribution >= 4 is 28.5 Å². The molecule has 1 aromatic heterocycles. The molecule has 0 aliphatic carbocycles. The number of nitrogens with zero attached hydrogens (tertiary/aromatic N) is 3. The molecule has 3 heterocycles. The molecule has 2 aliphatic rings. The topological polar surface area (TPSA) is 45.7 Å². The summed E-state index contributed by atoms with van der Waals surface area (Å²) >= 11 is 1.64. The van der Waals surface area contributed by atoms with Gasteiger partial charge in [-0.1, -0.05) is 6.07 Å². The molecule has 1 saturated heterocycles. The van der Waals surface area contributed by atoms with Gasteiger partial charge in [-0.05, 0) is 29.3 Å². The zero-order valence-corrected chi connectivity index (χ0v) is 14.2. The van der Waals surface area contributed by atoms with E-state index in [1.807, 2.05) is 34.7 Å². The smallest absolute Gasteiger partial charge is 0.246 e. The fourth-order valence-corrected chi connectivity index (χ4v) is 3.77. The minimum Gasteiger partial charge on any atom is -0.493 e. The fourth-order valence-electron chi connectivity index (χ4n) is 3.07. The number of piperazine rings is 1. The van der Waals surface area contributed by atoms with Crippen molar-refractivity contribution in [1.82, 2.24) is 9.88 Å². The second-order valence-corrected chi connectivity index (χ2v) is 6.80. The van der Waals surface area contributed by atoms with E-state index in [9.17, 15) is 4.79 Å². The third-order valence-corrected chi connectivity index (χ3v) is 5.25. The standard InChI is InChI=1S/C18H19N3O2S/c22-17(4-2-14-1-3-16-15(13-14)5-11-23-16)20-7-9-21(10-8-20)18-19-6-12-24-18/h1-4,6,12-13H,5,7-11H2/b4-2+. The average Bonchev–Trinajstić information content (AvgIpc) is 3.31. The zero-order chi connectivity index (χ0) is 16.4. The molecule has 0 radical (unpaired) electrons. The van der Waals surface area contributed by atoms with Crippen molar-refractivity contribution in [2.45, 2.75) is 6.42 Å². The van der Waals surface area contributed by atoms with Crippen LogP contribution in [0.25, 0.3) is 6.08 Å². The van der Waals surface area contributed by atoms with Gasteiger partial charge in [0.1, 0.15) is 5.75 Å². The van der Waals surface area contributed by atoms with Crippen LogP contribution in [0.2, 0.25) is 0 Å². The second kappa shape index (κ2) is 6.65. The van der Waals surface area contributed by atoms with Crippen molar-refractivity contribution in [2.75, 3.05) is 37.7 Å². The molecule has 2 aliphatic heterocycles. The van der Waals surface area contributed by atoms with Gasteiger partial charge >= 0.3 is 0 Å². The van der Waals surface area contributed by atoms with Crippen LogP contribution >= 0.6 is 11.3 Å². The molecule has 0 N–H and O–H groups in total. The molecule has 2 aromatic rings. The quantitative estimate of drug-likeness (QED) is 0.805. The molecule has 24 heavy (non-hydrogen) atoms. The number of fused-ring (bicyclic) bond motifs is 1. The lowest BCUT2D eigenvalue weighted by Crippen LogP contribution is -2.48. The summed E-state index contributed by atoms with van der Waals surface area (Å²) in [6, 6.07) is 6.08. The summed E-state index contributed by atoms with van der Waals surface area (Å²) in [4.78, 5) is 20.8. The predicted octanol–water partition coefficient (Wildman–Crippen LogP) is 2.44. The third kappa shape index (κ3) is 3.14. The Bertz CT molecular complexity index is 750. The van der Waals surface area contributed by atoms with E-state index in [1.54, 1.807) is 17.4 Å². The van der Waals surface area contributed by atoms with Crippen molar-refractivity contribution in [2.24, 2.45) is 0 Å². The van der Waals surface area contributed by atoms with Gasteiger partial charge in [-0.2, -0.15) is 0 Å². The largest absolute Gasteiger partial charge is 0.493 e. The zero-order valence-electron chi connectivity index (χ0n) is 13.4. The van der Waals surface area contributed by atoms with Gasteiger partial charge in [0, 0.05) is 50.3 Å². The number of anilines is 1. The van der Waals surface area contributed by atoms with E-state index >= 15 is 0 Å². The number of benzene rings is 1. The molecule has 0 unspecified atom stereocenters. The van der Waals surface area contributed by atoms with Crippen LogP contribution in [0.3, 0.4) is 0 Å². The monoisotopic (exact) mass is 341 g/mol. The second-order valence-electron chi connectivity index (χ2n) is 5.93. The molecule has 0 saturated carbocycles. The lowest BCUT2D eigenvalue weighted by atomic mass is 10.1. The first kappa shape index (κ1) is 15.2. The molecule has 0 bridgehead atoms. The number of aromatic nitrogens is 1. The Morgan fingerprint density at radius 1 is 1.25 bits per heavy atom. The Kier molecular flexibility index (Phi) is 4.21. The minimum atomic E-state index is 0.0746. The van der Waals surface area contributed by atoms with Gasteiger partial charge in [-0.15, -0.1) is 11.3 Å². The Morgan fingerprint density at radius 2 is 2.12 bits per heavy atom. The van der Waals surface area contributed by atoms with Gasteiger partial charge in [-0.25, -0.2) is 4.98 Å². The van der Waals surface area contributed by atoms with Gasteiger partial charge < -0.3 is 14.5 Å². The van der Waals surface area contributed by atoms with Gasteiger partial charge in [-0.3, -0.25) is 4.79 Å². The normalized spacial score (nSPS) is 17.2. The van der Waals surface area contributed by atoms with Crippen LogP contribution in [-0.4, -0.2) is 48.6 Å². The van der Waals surface area contributed by atoms with Crippen LogP contribution < -0.4 is 9.64 Å². The van der Waals surface area contributed by atoms with Gasteiger partial charge in [0.15, 0.2) is 5.13 Å². The molecule has 0 spiro atoms. The first-order valence-electron chi connectivity index (χ1n) is 8.17.